The van der Waals surface area contributed by atoms with E-state index in [1.54, 1.807) is 18.5 Å². The molecule has 2 rings (SSSR count). The Morgan fingerprint density at radius 3 is 3.06 bits per heavy atom. The van der Waals surface area contributed by atoms with Gasteiger partial charge in [0.15, 0.2) is 0 Å². The summed E-state index contributed by atoms with van der Waals surface area (Å²) < 4.78 is 0. The first-order valence-electron chi connectivity index (χ1n) is 6.16. The third kappa shape index (κ3) is 2.40. The number of amides is 1. The topological polar surface area (TPSA) is 45.2 Å². The maximum absolute atomic E-state index is 12.4. The van der Waals surface area contributed by atoms with Crippen molar-refractivity contribution in [3.63, 3.8) is 0 Å². The summed E-state index contributed by atoms with van der Waals surface area (Å²) >= 11 is 0. The summed E-state index contributed by atoms with van der Waals surface area (Å²) in [6.45, 7) is 2.99. The number of rotatable bonds is 2. The van der Waals surface area contributed by atoms with Gasteiger partial charge in [0.2, 0.25) is 0 Å². The zero-order valence-electron chi connectivity index (χ0n) is 10.4. The lowest BCUT2D eigenvalue weighted by molar-refractivity contribution is 0.0636. The van der Waals surface area contributed by atoms with E-state index in [1.807, 2.05) is 11.9 Å². The fourth-order valence-corrected chi connectivity index (χ4v) is 2.33. The van der Waals surface area contributed by atoms with Crippen LogP contribution in [0.3, 0.4) is 0 Å². The first-order valence-corrected chi connectivity index (χ1v) is 6.16. The number of carbonyl (C=O) groups is 1. The highest BCUT2D eigenvalue weighted by Gasteiger charge is 2.25. The normalized spacial score (nSPS) is 20.1. The Hall–Kier alpha value is -1.58. The van der Waals surface area contributed by atoms with Crippen LogP contribution in [0.2, 0.25) is 0 Å². The maximum atomic E-state index is 12.4. The molecule has 1 unspecified atom stereocenters. The molecule has 4 heteroatoms. The third-order valence-electron chi connectivity index (χ3n) is 3.38. The number of anilines is 1. The fourth-order valence-electron chi connectivity index (χ4n) is 2.33. The zero-order chi connectivity index (χ0) is 12.3. The molecule has 1 aliphatic rings. The zero-order valence-corrected chi connectivity index (χ0v) is 10.4. The monoisotopic (exact) mass is 233 g/mol. The lowest BCUT2D eigenvalue weighted by atomic mass is 10.0. The summed E-state index contributed by atoms with van der Waals surface area (Å²) in [7, 11) is 1.81. The number of nitrogens with zero attached hydrogens (tertiary/aromatic N) is 2. The number of pyridine rings is 1. The molecule has 0 aliphatic carbocycles. The van der Waals surface area contributed by atoms with E-state index < -0.39 is 0 Å². The van der Waals surface area contributed by atoms with Gasteiger partial charge in [0, 0.05) is 25.8 Å². The van der Waals surface area contributed by atoms with Crippen molar-refractivity contribution in [1.82, 2.24) is 9.88 Å². The molecule has 4 nitrogen and oxygen atoms in total. The Kier molecular flexibility index (Phi) is 3.61. The SMILES string of the molecule is CNc1cnccc1C(=O)N1CCCCC1C. The van der Waals surface area contributed by atoms with E-state index in [0.29, 0.717) is 6.04 Å². The van der Waals surface area contributed by atoms with Crippen molar-refractivity contribution in [3.8, 4) is 0 Å². The Morgan fingerprint density at radius 2 is 2.35 bits per heavy atom. The molecule has 92 valence electrons. The Morgan fingerprint density at radius 1 is 1.53 bits per heavy atom. The minimum Gasteiger partial charge on any atom is -0.386 e. The number of hydrogen-bond acceptors (Lipinski definition) is 3. The van der Waals surface area contributed by atoms with Crippen LogP contribution in [0.25, 0.3) is 0 Å². The van der Waals surface area contributed by atoms with Gasteiger partial charge in [0.05, 0.1) is 17.4 Å². The van der Waals surface area contributed by atoms with Crippen molar-refractivity contribution < 1.29 is 4.79 Å². The van der Waals surface area contributed by atoms with Crippen LogP contribution >= 0.6 is 0 Å². The van der Waals surface area contributed by atoms with Gasteiger partial charge in [-0.15, -0.1) is 0 Å². The molecule has 1 atom stereocenters. The van der Waals surface area contributed by atoms with Crippen molar-refractivity contribution in [2.45, 2.75) is 32.2 Å². The van der Waals surface area contributed by atoms with Crippen molar-refractivity contribution in [1.29, 1.82) is 0 Å². The van der Waals surface area contributed by atoms with Crippen LogP contribution in [0.1, 0.15) is 36.5 Å². The van der Waals surface area contributed by atoms with E-state index in [-0.39, 0.29) is 5.91 Å². The molecule has 1 saturated heterocycles. The smallest absolute Gasteiger partial charge is 0.256 e. The van der Waals surface area contributed by atoms with E-state index in [0.717, 1.165) is 30.6 Å². The summed E-state index contributed by atoms with van der Waals surface area (Å²) in [5.74, 6) is 0.115. The van der Waals surface area contributed by atoms with E-state index in [9.17, 15) is 4.79 Å². The molecule has 1 fully saturated rings. The molecule has 0 radical (unpaired) electrons. The summed E-state index contributed by atoms with van der Waals surface area (Å²) in [5.41, 5.74) is 1.52. The quantitative estimate of drug-likeness (QED) is 0.851. The van der Waals surface area contributed by atoms with Crippen molar-refractivity contribution >= 4 is 11.6 Å². The molecule has 0 bridgehead atoms. The van der Waals surface area contributed by atoms with Gasteiger partial charge < -0.3 is 10.2 Å². The average molecular weight is 233 g/mol. The minimum atomic E-state index is 0.115. The number of aromatic nitrogens is 1. The standard InChI is InChI=1S/C13H19N3O/c1-10-5-3-4-8-16(10)13(17)11-6-7-15-9-12(11)14-2/h6-7,9-10,14H,3-5,8H2,1-2H3. The van der Waals surface area contributed by atoms with E-state index >= 15 is 0 Å². The second kappa shape index (κ2) is 5.17. The van der Waals surface area contributed by atoms with E-state index in [2.05, 4.69) is 17.2 Å². The van der Waals surface area contributed by atoms with Crippen LogP contribution < -0.4 is 5.32 Å². The second-order valence-electron chi connectivity index (χ2n) is 4.51. The predicted molar refractivity (Wildman–Crippen MR) is 68.1 cm³/mol. The lowest BCUT2D eigenvalue weighted by Crippen LogP contribution is -2.42. The number of hydrogen-bond donors (Lipinski definition) is 1. The van der Waals surface area contributed by atoms with Crippen LogP contribution in [0, 0.1) is 0 Å². The summed E-state index contributed by atoms with van der Waals surface area (Å²) in [5, 5.41) is 3.02. The molecule has 1 aliphatic heterocycles. The van der Waals surface area contributed by atoms with Gasteiger partial charge in [0.25, 0.3) is 5.91 Å². The molecule has 2 heterocycles. The molecular formula is C13H19N3O. The summed E-state index contributed by atoms with van der Waals surface area (Å²) in [4.78, 5) is 18.4. The van der Waals surface area contributed by atoms with Gasteiger partial charge in [-0.2, -0.15) is 0 Å². The largest absolute Gasteiger partial charge is 0.386 e. The fraction of sp³-hybridized carbons (Fsp3) is 0.538. The van der Waals surface area contributed by atoms with Gasteiger partial charge >= 0.3 is 0 Å². The highest BCUT2D eigenvalue weighted by Crippen LogP contribution is 2.22. The Labute approximate surface area is 102 Å². The molecule has 1 aromatic heterocycles. The van der Waals surface area contributed by atoms with E-state index in [1.165, 1.54) is 6.42 Å². The lowest BCUT2D eigenvalue weighted by Gasteiger charge is -2.33. The highest BCUT2D eigenvalue weighted by molar-refractivity contribution is 5.99. The molecular weight excluding hydrogens is 214 g/mol. The van der Waals surface area contributed by atoms with Crippen molar-refractivity contribution in [2.75, 3.05) is 18.9 Å². The van der Waals surface area contributed by atoms with E-state index in [4.69, 9.17) is 0 Å². The van der Waals surface area contributed by atoms with Crippen LogP contribution in [0.5, 0.6) is 0 Å². The first-order chi connectivity index (χ1) is 8.24. The molecule has 1 amide bonds. The summed E-state index contributed by atoms with van der Waals surface area (Å²) in [6, 6.07) is 2.13. The number of piperidine rings is 1. The summed E-state index contributed by atoms with van der Waals surface area (Å²) in [6.07, 6.45) is 6.80. The average Bonchev–Trinajstić information content (AvgIpc) is 2.38. The molecule has 1 N–H and O–H groups in total. The number of carbonyl (C=O) groups excluding carboxylic acids is 1. The van der Waals surface area contributed by atoms with Crippen LogP contribution in [-0.4, -0.2) is 35.4 Å². The van der Waals surface area contributed by atoms with Gasteiger partial charge in [-0.05, 0) is 32.3 Å². The molecule has 0 aromatic carbocycles. The minimum absolute atomic E-state index is 0.115. The predicted octanol–water partition coefficient (Wildman–Crippen LogP) is 2.14. The molecule has 0 saturated carbocycles. The van der Waals surface area contributed by atoms with Crippen LogP contribution in [0.4, 0.5) is 5.69 Å². The van der Waals surface area contributed by atoms with Crippen molar-refractivity contribution in [3.05, 3.63) is 24.0 Å². The van der Waals surface area contributed by atoms with Gasteiger partial charge in [-0.25, -0.2) is 0 Å². The van der Waals surface area contributed by atoms with Crippen LogP contribution in [-0.2, 0) is 0 Å². The third-order valence-corrected chi connectivity index (χ3v) is 3.38. The molecule has 1 aromatic rings. The first kappa shape index (κ1) is 11.9. The second-order valence-corrected chi connectivity index (χ2v) is 4.51. The molecule has 17 heavy (non-hydrogen) atoms. The Bertz CT molecular complexity index is 405. The highest BCUT2D eigenvalue weighted by atomic mass is 16.2. The van der Waals surface area contributed by atoms with Gasteiger partial charge in [-0.1, -0.05) is 0 Å². The van der Waals surface area contributed by atoms with Gasteiger partial charge in [-0.3, -0.25) is 9.78 Å². The molecule has 0 spiro atoms. The van der Waals surface area contributed by atoms with Crippen LogP contribution in [0.15, 0.2) is 18.5 Å². The number of nitrogens with one attached hydrogen (secondary N) is 1. The van der Waals surface area contributed by atoms with Gasteiger partial charge in [0.1, 0.15) is 0 Å². The van der Waals surface area contributed by atoms with Crippen molar-refractivity contribution in [2.24, 2.45) is 0 Å². The Balaban J connectivity index is 2.23. The maximum Gasteiger partial charge on any atom is 0.256 e. The number of likely N-dealkylation sites (tertiary alicyclic amines) is 1.